The van der Waals surface area contributed by atoms with Crippen LogP contribution in [0.25, 0.3) is 0 Å². The Balaban J connectivity index is 2.43. The van der Waals surface area contributed by atoms with Crippen molar-refractivity contribution < 1.29 is 14.6 Å². The van der Waals surface area contributed by atoms with Gasteiger partial charge in [-0.2, -0.15) is 0 Å². The average Bonchev–Trinajstić information content (AvgIpc) is 2.25. The Labute approximate surface area is 87.9 Å². The normalized spacial score (nSPS) is 9.27. The van der Waals surface area contributed by atoms with Gasteiger partial charge in [-0.05, 0) is 12.5 Å². The van der Waals surface area contributed by atoms with Crippen LogP contribution >= 0.6 is 0 Å². The third kappa shape index (κ3) is 3.69. The molecule has 1 N–H and O–H groups in total. The summed E-state index contributed by atoms with van der Waals surface area (Å²) in [6.45, 7) is 0.490. The molecular formula is C11H11NO3. The third-order valence-electron chi connectivity index (χ3n) is 1.70. The molecule has 0 aliphatic carbocycles. The Morgan fingerprint density at radius 1 is 1.60 bits per heavy atom. The van der Waals surface area contributed by atoms with Crippen LogP contribution in [-0.4, -0.2) is 22.7 Å². The lowest BCUT2D eigenvalue weighted by molar-refractivity contribution is 0.0696. The van der Waals surface area contributed by atoms with Gasteiger partial charge in [-0.15, -0.1) is 12.3 Å². The van der Waals surface area contributed by atoms with E-state index >= 15 is 0 Å². The molecule has 0 fully saturated rings. The molecule has 0 aliphatic heterocycles. The molecule has 0 saturated heterocycles. The highest BCUT2D eigenvalue weighted by molar-refractivity contribution is 5.87. The van der Waals surface area contributed by atoms with Crippen molar-refractivity contribution in [3.8, 4) is 18.2 Å². The lowest BCUT2D eigenvalue weighted by Gasteiger charge is -2.03. The zero-order chi connectivity index (χ0) is 11.1. The van der Waals surface area contributed by atoms with Crippen LogP contribution in [0.5, 0.6) is 5.88 Å². The second kappa shape index (κ2) is 5.66. The minimum atomic E-state index is -0.999. The topological polar surface area (TPSA) is 59.4 Å². The Morgan fingerprint density at radius 2 is 2.40 bits per heavy atom. The fourth-order valence-corrected chi connectivity index (χ4v) is 0.943. The number of carboxylic acids is 1. The summed E-state index contributed by atoms with van der Waals surface area (Å²) in [6, 6.07) is 2.98. The smallest absolute Gasteiger partial charge is 0.337 e. The molecule has 1 aromatic rings. The molecule has 78 valence electrons. The van der Waals surface area contributed by atoms with Gasteiger partial charge >= 0.3 is 5.97 Å². The summed E-state index contributed by atoms with van der Waals surface area (Å²) in [5.74, 6) is 1.92. The van der Waals surface area contributed by atoms with Crippen molar-refractivity contribution in [3.05, 3.63) is 23.9 Å². The van der Waals surface area contributed by atoms with E-state index in [0.29, 0.717) is 18.9 Å². The minimum Gasteiger partial charge on any atom is -0.478 e. The number of pyridine rings is 1. The van der Waals surface area contributed by atoms with E-state index in [2.05, 4.69) is 10.9 Å². The maximum atomic E-state index is 10.5. The van der Waals surface area contributed by atoms with Crippen LogP contribution in [0.2, 0.25) is 0 Å². The van der Waals surface area contributed by atoms with Crippen LogP contribution in [0.4, 0.5) is 0 Å². The summed E-state index contributed by atoms with van der Waals surface area (Å²) in [4.78, 5) is 14.4. The van der Waals surface area contributed by atoms with E-state index in [1.165, 1.54) is 18.3 Å². The fraction of sp³-hybridized carbons (Fsp3) is 0.273. The van der Waals surface area contributed by atoms with Crippen molar-refractivity contribution >= 4 is 5.97 Å². The monoisotopic (exact) mass is 205 g/mol. The minimum absolute atomic E-state index is 0.144. The molecule has 0 unspecified atom stereocenters. The van der Waals surface area contributed by atoms with Gasteiger partial charge in [0.2, 0.25) is 5.88 Å². The Kier molecular flexibility index (Phi) is 4.17. The highest BCUT2D eigenvalue weighted by atomic mass is 16.5. The molecule has 15 heavy (non-hydrogen) atoms. The van der Waals surface area contributed by atoms with E-state index in [4.69, 9.17) is 16.3 Å². The second-order valence-corrected chi connectivity index (χ2v) is 2.85. The van der Waals surface area contributed by atoms with Crippen molar-refractivity contribution in [1.82, 2.24) is 4.98 Å². The van der Waals surface area contributed by atoms with Crippen LogP contribution in [0, 0.1) is 12.3 Å². The summed E-state index contributed by atoms with van der Waals surface area (Å²) in [6.07, 6.45) is 7.76. The van der Waals surface area contributed by atoms with Gasteiger partial charge in [0.05, 0.1) is 12.2 Å². The largest absolute Gasteiger partial charge is 0.478 e. The van der Waals surface area contributed by atoms with Gasteiger partial charge in [0, 0.05) is 18.7 Å². The first kappa shape index (κ1) is 11.1. The van der Waals surface area contributed by atoms with E-state index in [-0.39, 0.29) is 5.56 Å². The number of carbonyl (C=O) groups is 1. The number of unbranched alkanes of at least 4 members (excludes halogenated alkanes) is 1. The van der Waals surface area contributed by atoms with Crippen molar-refractivity contribution in [3.63, 3.8) is 0 Å². The molecule has 0 atom stereocenters. The predicted molar refractivity (Wildman–Crippen MR) is 54.8 cm³/mol. The number of aromatic nitrogens is 1. The molecule has 1 heterocycles. The number of hydrogen-bond donors (Lipinski definition) is 1. The number of nitrogens with zero attached hydrogens (tertiary/aromatic N) is 1. The van der Waals surface area contributed by atoms with Gasteiger partial charge in [-0.25, -0.2) is 9.78 Å². The zero-order valence-corrected chi connectivity index (χ0v) is 8.14. The van der Waals surface area contributed by atoms with Crippen molar-refractivity contribution in [1.29, 1.82) is 0 Å². The third-order valence-corrected chi connectivity index (χ3v) is 1.70. The number of aromatic carboxylic acids is 1. The molecule has 1 rings (SSSR count). The number of ether oxygens (including phenoxy) is 1. The second-order valence-electron chi connectivity index (χ2n) is 2.85. The standard InChI is InChI=1S/C11H11NO3/c1-2-3-4-7-15-10-6-5-9(8-12-10)11(13)14/h1,5-6,8H,3-4,7H2,(H,13,14). The lowest BCUT2D eigenvalue weighted by atomic mass is 10.3. The molecular weight excluding hydrogens is 194 g/mol. The van der Waals surface area contributed by atoms with Crippen molar-refractivity contribution in [2.24, 2.45) is 0 Å². The Bertz CT molecular complexity index is 364. The quantitative estimate of drug-likeness (QED) is 0.585. The number of carboxylic acid groups (broad SMARTS) is 1. The van der Waals surface area contributed by atoms with Crippen LogP contribution in [0.1, 0.15) is 23.2 Å². The van der Waals surface area contributed by atoms with E-state index in [1.807, 2.05) is 0 Å². The first-order valence-electron chi connectivity index (χ1n) is 4.49. The maximum absolute atomic E-state index is 10.5. The summed E-state index contributed by atoms with van der Waals surface area (Å²) < 4.78 is 5.24. The fourth-order valence-electron chi connectivity index (χ4n) is 0.943. The molecule has 4 nitrogen and oxygen atoms in total. The SMILES string of the molecule is C#CCCCOc1ccc(C(=O)O)cn1. The van der Waals surface area contributed by atoms with E-state index in [1.54, 1.807) is 0 Å². The highest BCUT2D eigenvalue weighted by Gasteiger charge is 2.02. The molecule has 4 heteroatoms. The lowest BCUT2D eigenvalue weighted by Crippen LogP contribution is -2.01. The summed E-state index contributed by atoms with van der Waals surface area (Å²) in [5, 5.41) is 8.62. The summed E-state index contributed by atoms with van der Waals surface area (Å²) in [7, 11) is 0. The highest BCUT2D eigenvalue weighted by Crippen LogP contribution is 2.07. The average molecular weight is 205 g/mol. The predicted octanol–water partition coefficient (Wildman–Crippen LogP) is 1.57. The molecule has 0 saturated carbocycles. The van der Waals surface area contributed by atoms with Crippen LogP contribution in [0.15, 0.2) is 18.3 Å². The first-order valence-corrected chi connectivity index (χ1v) is 4.49. The molecule has 1 aromatic heterocycles. The maximum Gasteiger partial charge on any atom is 0.337 e. The Hall–Kier alpha value is -2.02. The molecule has 0 radical (unpaired) electrons. The zero-order valence-electron chi connectivity index (χ0n) is 8.14. The van der Waals surface area contributed by atoms with Crippen molar-refractivity contribution in [2.75, 3.05) is 6.61 Å². The molecule has 0 amide bonds. The van der Waals surface area contributed by atoms with E-state index in [9.17, 15) is 4.79 Å². The molecule has 0 spiro atoms. The van der Waals surface area contributed by atoms with Gasteiger partial charge < -0.3 is 9.84 Å². The number of terminal acetylenes is 1. The van der Waals surface area contributed by atoms with Crippen LogP contribution in [0.3, 0.4) is 0 Å². The summed E-state index contributed by atoms with van der Waals surface area (Å²) >= 11 is 0. The van der Waals surface area contributed by atoms with Gasteiger partial charge in [-0.3, -0.25) is 0 Å². The van der Waals surface area contributed by atoms with Gasteiger partial charge in [0.25, 0.3) is 0 Å². The van der Waals surface area contributed by atoms with E-state index in [0.717, 1.165) is 6.42 Å². The number of rotatable bonds is 5. The van der Waals surface area contributed by atoms with Crippen LogP contribution < -0.4 is 4.74 Å². The van der Waals surface area contributed by atoms with Gasteiger partial charge in [-0.1, -0.05) is 0 Å². The van der Waals surface area contributed by atoms with Crippen LogP contribution in [-0.2, 0) is 0 Å². The van der Waals surface area contributed by atoms with E-state index < -0.39 is 5.97 Å². The van der Waals surface area contributed by atoms with Gasteiger partial charge in [0.1, 0.15) is 0 Å². The van der Waals surface area contributed by atoms with Gasteiger partial charge in [0.15, 0.2) is 0 Å². The molecule has 0 aromatic carbocycles. The molecule has 0 bridgehead atoms. The Morgan fingerprint density at radius 3 is 2.93 bits per heavy atom. The van der Waals surface area contributed by atoms with Crippen molar-refractivity contribution in [2.45, 2.75) is 12.8 Å². The number of hydrogen-bond acceptors (Lipinski definition) is 3. The molecule has 0 aliphatic rings. The first-order chi connectivity index (χ1) is 7.24. The summed E-state index contributed by atoms with van der Waals surface area (Å²) in [5.41, 5.74) is 0.144.